The Morgan fingerprint density at radius 3 is 2.28 bits per heavy atom. The number of aliphatic carboxylic acids is 1. The fourth-order valence-electron chi connectivity index (χ4n) is 1.39. The van der Waals surface area contributed by atoms with E-state index in [-0.39, 0.29) is 0 Å². The third-order valence-electron chi connectivity index (χ3n) is 2.92. The summed E-state index contributed by atoms with van der Waals surface area (Å²) in [7, 11) is 0. The lowest BCUT2D eigenvalue weighted by atomic mass is 9.92. The van der Waals surface area contributed by atoms with Crippen LogP contribution in [0.1, 0.15) is 25.0 Å². The molecule has 0 aromatic heterocycles. The maximum Gasteiger partial charge on any atom is 0.318 e. The summed E-state index contributed by atoms with van der Waals surface area (Å²) in [5.41, 5.74) is 0.927. The average molecular weight is 249 g/mol. The first kappa shape index (κ1) is 14.2. The summed E-state index contributed by atoms with van der Waals surface area (Å²) in [6, 6.07) is 8.03. The molecule has 1 amide bonds. The lowest BCUT2D eigenvalue weighted by Gasteiger charge is -2.18. The second-order valence-corrected chi connectivity index (χ2v) is 4.92. The minimum absolute atomic E-state index is 0.443. The van der Waals surface area contributed by atoms with E-state index in [9.17, 15) is 9.59 Å². The summed E-state index contributed by atoms with van der Waals surface area (Å²) in [5.74, 6) is -1.57. The Balaban J connectivity index is 2.45. The van der Waals surface area contributed by atoms with Gasteiger partial charge in [0, 0.05) is 6.54 Å². The number of carboxylic acid groups (broad SMARTS) is 1. The van der Waals surface area contributed by atoms with Gasteiger partial charge in [0.25, 0.3) is 0 Å². The van der Waals surface area contributed by atoms with Crippen molar-refractivity contribution in [1.29, 1.82) is 0 Å². The fourth-order valence-corrected chi connectivity index (χ4v) is 1.39. The van der Waals surface area contributed by atoms with Crippen LogP contribution in [0.2, 0.25) is 0 Å². The summed E-state index contributed by atoms with van der Waals surface area (Å²) < 4.78 is 0. The molecule has 1 aromatic carbocycles. The zero-order chi connectivity index (χ0) is 13.8. The van der Waals surface area contributed by atoms with Crippen molar-refractivity contribution in [2.75, 3.05) is 6.54 Å². The SMILES string of the molecule is Cc1ccc(CCNC(=O)C(C)(C)C(=O)O)cc1. The van der Waals surface area contributed by atoms with E-state index in [2.05, 4.69) is 5.32 Å². The molecular weight excluding hydrogens is 230 g/mol. The number of rotatable bonds is 5. The van der Waals surface area contributed by atoms with Gasteiger partial charge in [-0.3, -0.25) is 9.59 Å². The molecule has 98 valence electrons. The molecule has 0 aliphatic heterocycles. The highest BCUT2D eigenvalue weighted by atomic mass is 16.4. The van der Waals surface area contributed by atoms with E-state index >= 15 is 0 Å². The number of aryl methyl sites for hydroxylation is 1. The van der Waals surface area contributed by atoms with Crippen LogP contribution in [0.4, 0.5) is 0 Å². The third-order valence-corrected chi connectivity index (χ3v) is 2.92. The van der Waals surface area contributed by atoms with Gasteiger partial charge in [0.05, 0.1) is 0 Å². The number of carbonyl (C=O) groups excluding carboxylic acids is 1. The number of hydrogen-bond donors (Lipinski definition) is 2. The Morgan fingerprint density at radius 2 is 1.78 bits per heavy atom. The minimum atomic E-state index is -1.38. The molecule has 0 heterocycles. The van der Waals surface area contributed by atoms with Gasteiger partial charge in [0.2, 0.25) is 5.91 Å². The zero-order valence-electron chi connectivity index (χ0n) is 11.0. The number of carboxylic acids is 1. The molecule has 1 rings (SSSR count). The maximum absolute atomic E-state index is 11.7. The van der Waals surface area contributed by atoms with Crippen LogP contribution in [0.25, 0.3) is 0 Å². The highest BCUT2D eigenvalue weighted by molar-refractivity contribution is 6.00. The number of nitrogens with one attached hydrogen (secondary N) is 1. The van der Waals surface area contributed by atoms with E-state index in [0.717, 1.165) is 5.56 Å². The van der Waals surface area contributed by atoms with Gasteiger partial charge in [-0.25, -0.2) is 0 Å². The van der Waals surface area contributed by atoms with Crippen LogP contribution in [-0.2, 0) is 16.0 Å². The Bertz CT molecular complexity index is 435. The first-order valence-corrected chi connectivity index (χ1v) is 5.91. The van der Waals surface area contributed by atoms with E-state index in [0.29, 0.717) is 13.0 Å². The van der Waals surface area contributed by atoms with Crippen LogP contribution in [0.3, 0.4) is 0 Å². The van der Waals surface area contributed by atoms with Crippen molar-refractivity contribution in [2.24, 2.45) is 5.41 Å². The number of carbonyl (C=O) groups is 2. The molecule has 2 N–H and O–H groups in total. The maximum atomic E-state index is 11.7. The molecule has 0 saturated heterocycles. The van der Waals surface area contributed by atoms with Crippen LogP contribution >= 0.6 is 0 Å². The third kappa shape index (κ3) is 3.58. The molecule has 18 heavy (non-hydrogen) atoms. The lowest BCUT2D eigenvalue weighted by Crippen LogP contribution is -2.42. The van der Waals surface area contributed by atoms with E-state index in [1.165, 1.54) is 19.4 Å². The molecule has 0 atom stereocenters. The van der Waals surface area contributed by atoms with Gasteiger partial charge in [-0.1, -0.05) is 29.8 Å². The summed E-state index contributed by atoms with van der Waals surface area (Å²) in [5, 5.41) is 11.5. The van der Waals surface area contributed by atoms with Crippen molar-refractivity contribution < 1.29 is 14.7 Å². The number of amides is 1. The predicted molar refractivity (Wildman–Crippen MR) is 69.3 cm³/mol. The largest absolute Gasteiger partial charge is 0.480 e. The average Bonchev–Trinajstić information content (AvgIpc) is 2.31. The molecule has 1 aromatic rings. The highest BCUT2D eigenvalue weighted by Crippen LogP contribution is 2.14. The summed E-state index contributed by atoms with van der Waals surface area (Å²) in [6.45, 7) is 5.26. The van der Waals surface area contributed by atoms with Crippen LogP contribution < -0.4 is 5.32 Å². The summed E-state index contributed by atoms with van der Waals surface area (Å²) >= 11 is 0. The second kappa shape index (κ2) is 5.67. The van der Waals surface area contributed by atoms with E-state index < -0.39 is 17.3 Å². The van der Waals surface area contributed by atoms with Crippen molar-refractivity contribution in [3.05, 3.63) is 35.4 Å². The molecule has 4 heteroatoms. The van der Waals surface area contributed by atoms with Crippen LogP contribution in [-0.4, -0.2) is 23.5 Å². The molecule has 0 saturated carbocycles. The van der Waals surface area contributed by atoms with E-state index in [4.69, 9.17) is 5.11 Å². The van der Waals surface area contributed by atoms with E-state index in [1.807, 2.05) is 31.2 Å². The molecular formula is C14H19NO3. The summed E-state index contributed by atoms with van der Waals surface area (Å²) in [6.07, 6.45) is 0.696. The summed E-state index contributed by atoms with van der Waals surface area (Å²) in [4.78, 5) is 22.5. The molecule has 0 spiro atoms. The van der Waals surface area contributed by atoms with Gasteiger partial charge in [0.15, 0.2) is 0 Å². The van der Waals surface area contributed by atoms with Gasteiger partial charge < -0.3 is 10.4 Å². The molecule has 0 aliphatic rings. The standard InChI is InChI=1S/C14H19NO3/c1-10-4-6-11(7-5-10)8-9-15-12(16)14(2,3)13(17)18/h4-7H,8-9H2,1-3H3,(H,15,16)(H,17,18). The van der Waals surface area contributed by atoms with Gasteiger partial charge in [0.1, 0.15) is 5.41 Å². The topological polar surface area (TPSA) is 66.4 Å². The number of benzene rings is 1. The van der Waals surface area contributed by atoms with Crippen molar-refractivity contribution in [2.45, 2.75) is 27.2 Å². The Morgan fingerprint density at radius 1 is 1.22 bits per heavy atom. The lowest BCUT2D eigenvalue weighted by molar-refractivity contribution is -0.153. The molecule has 0 aliphatic carbocycles. The van der Waals surface area contributed by atoms with Gasteiger partial charge in [-0.15, -0.1) is 0 Å². The smallest absolute Gasteiger partial charge is 0.318 e. The quantitative estimate of drug-likeness (QED) is 0.781. The molecule has 0 bridgehead atoms. The highest BCUT2D eigenvalue weighted by Gasteiger charge is 2.35. The van der Waals surface area contributed by atoms with Crippen molar-refractivity contribution in [3.8, 4) is 0 Å². The first-order valence-electron chi connectivity index (χ1n) is 5.91. The Hall–Kier alpha value is -1.84. The van der Waals surface area contributed by atoms with Crippen LogP contribution in [0, 0.1) is 12.3 Å². The Labute approximate surface area is 107 Å². The monoisotopic (exact) mass is 249 g/mol. The van der Waals surface area contributed by atoms with Crippen molar-refractivity contribution >= 4 is 11.9 Å². The Kier molecular flexibility index (Phi) is 4.48. The van der Waals surface area contributed by atoms with Crippen molar-refractivity contribution in [3.63, 3.8) is 0 Å². The van der Waals surface area contributed by atoms with Gasteiger partial charge in [-0.05, 0) is 32.8 Å². The fraction of sp³-hybridized carbons (Fsp3) is 0.429. The minimum Gasteiger partial charge on any atom is -0.480 e. The second-order valence-electron chi connectivity index (χ2n) is 4.92. The molecule has 0 fully saturated rings. The zero-order valence-corrected chi connectivity index (χ0v) is 11.0. The first-order chi connectivity index (χ1) is 8.34. The van der Waals surface area contributed by atoms with Crippen molar-refractivity contribution in [1.82, 2.24) is 5.32 Å². The predicted octanol–water partition coefficient (Wildman–Crippen LogP) is 1.76. The van der Waals surface area contributed by atoms with E-state index in [1.54, 1.807) is 0 Å². The van der Waals surface area contributed by atoms with Crippen LogP contribution in [0.15, 0.2) is 24.3 Å². The molecule has 0 unspecified atom stereocenters. The number of hydrogen-bond acceptors (Lipinski definition) is 2. The van der Waals surface area contributed by atoms with Gasteiger partial charge >= 0.3 is 5.97 Å². The molecule has 4 nitrogen and oxygen atoms in total. The van der Waals surface area contributed by atoms with Gasteiger partial charge in [-0.2, -0.15) is 0 Å². The normalized spacial score (nSPS) is 11.1. The molecule has 0 radical (unpaired) electrons. The van der Waals surface area contributed by atoms with Crippen LogP contribution in [0.5, 0.6) is 0 Å².